The van der Waals surface area contributed by atoms with Crippen LogP contribution >= 0.6 is 0 Å². The fourth-order valence-electron chi connectivity index (χ4n) is 0.340. The van der Waals surface area contributed by atoms with E-state index in [1.165, 1.54) is 0 Å². The van der Waals surface area contributed by atoms with Crippen LogP contribution in [0.15, 0.2) is 18.2 Å². The van der Waals surface area contributed by atoms with Crippen molar-refractivity contribution in [1.82, 2.24) is 0 Å². The molecule has 2 radical (unpaired) electrons. The van der Waals surface area contributed by atoms with Gasteiger partial charge in [-0.3, -0.25) is 6.08 Å². The van der Waals surface area contributed by atoms with Crippen molar-refractivity contribution in [2.45, 2.75) is 21.2 Å². The van der Waals surface area contributed by atoms with Crippen molar-refractivity contribution < 1.29 is 34.8 Å². The fourth-order valence-corrected chi connectivity index (χ4v) is 0.340. The van der Waals surface area contributed by atoms with Gasteiger partial charge in [0, 0.05) is 20.4 Å². The zero-order valence-electron chi connectivity index (χ0n) is 10.2. The molecule has 0 saturated heterocycles. The van der Waals surface area contributed by atoms with Crippen molar-refractivity contribution >= 4 is 40.1 Å². The Morgan fingerprint density at radius 1 is 1.00 bits per heavy atom. The van der Waals surface area contributed by atoms with E-state index in [1.54, 1.807) is 0 Å². The second-order valence-corrected chi connectivity index (χ2v) is 11.1. The predicted molar refractivity (Wildman–Crippen MR) is 66.3 cm³/mol. The SMILES string of the molecule is C=O.C=O.C=O.[C-]1=CC=CC1.[CH3][Sn]([CH3])[CH3].[Re]. The largest absolute Gasteiger partial charge is 0 e. The molecular formula is C11H20O3ReSn-. The first-order valence-corrected chi connectivity index (χ1v) is 12.6. The number of rotatable bonds is 0. The molecule has 0 aliphatic heterocycles. The molecule has 0 N–H and O–H groups in total. The Bertz CT molecular complexity index is 133. The van der Waals surface area contributed by atoms with Gasteiger partial charge in [0.05, 0.1) is 0 Å². The number of carbonyl (C=O) groups is 3. The van der Waals surface area contributed by atoms with E-state index in [4.69, 9.17) is 14.4 Å². The summed E-state index contributed by atoms with van der Waals surface area (Å²) < 4.78 is 0. The van der Waals surface area contributed by atoms with Gasteiger partial charge in [-0.1, -0.05) is 0 Å². The standard InChI is InChI=1S/C5H5.3CH2O.3CH3.Re.Sn/c1-2-4-5-3-1;3*1-2;;;;;/h1-3H,4H2;3*1H2;3*1H3;;/q-1;;;;;;;;. The second-order valence-electron chi connectivity index (χ2n) is 2.50. The van der Waals surface area contributed by atoms with Gasteiger partial charge in [-0.05, 0) is 0 Å². The third kappa shape index (κ3) is 95.5. The van der Waals surface area contributed by atoms with Crippen LogP contribution in [0.4, 0.5) is 0 Å². The van der Waals surface area contributed by atoms with Crippen LogP contribution in [-0.2, 0) is 34.8 Å². The van der Waals surface area contributed by atoms with Gasteiger partial charge >= 0.3 is 34.6 Å². The predicted octanol–water partition coefficient (Wildman–Crippen LogP) is 2.12. The maximum atomic E-state index is 8.00. The van der Waals surface area contributed by atoms with Crippen molar-refractivity contribution in [3.8, 4) is 0 Å². The molecule has 0 amide bonds. The third-order valence-electron chi connectivity index (χ3n) is 0.586. The van der Waals surface area contributed by atoms with Crippen molar-refractivity contribution in [1.29, 1.82) is 0 Å². The smallest absolute Gasteiger partial charge is 0 e. The van der Waals surface area contributed by atoms with E-state index in [1.807, 2.05) is 32.5 Å². The van der Waals surface area contributed by atoms with E-state index in [0.29, 0.717) is 0 Å². The summed E-state index contributed by atoms with van der Waals surface area (Å²) in [4.78, 5) is 31.1. The molecule has 94 valence electrons. The van der Waals surface area contributed by atoms with E-state index in [0.717, 1.165) is 6.42 Å². The summed E-state index contributed by atoms with van der Waals surface area (Å²) in [5.74, 6) is 0. The summed E-state index contributed by atoms with van der Waals surface area (Å²) in [6, 6.07) is 0. The van der Waals surface area contributed by atoms with Crippen molar-refractivity contribution in [2.24, 2.45) is 0 Å². The van der Waals surface area contributed by atoms with Gasteiger partial charge in [-0.15, -0.1) is 6.42 Å². The molecule has 5 heteroatoms. The van der Waals surface area contributed by atoms with Gasteiger partial charge in [-0.2, -0.15) is 6.08 Å². The van der Waals surface area contributed by atoms with E-state index in [-0.39, 0.29) is 20.4 Å². The Labute approximate surface area is 120 Å². The molecule has 0 unspecified atom stereocenters. The molecule has 0 aromatic carbocycles. The number of allylic oxidation sites excluding steroid dienone is 4. The Morgan fingerprint density at radius 3 is 1.38 bits per heavy atom. The summed E-state index contributed by atoms with van der Waals surface area (Å²) in [5.41, 5.74) is 0. The van der Waals surface area contributed by atoms with Gasteiger partial charge in [0.2, 0.25) is 0 Å². The summed E-state index contributed by atoms with van der Waals surface area (Å²) in [6.45, 7) is 6.00. The normalized spacial score (nSPS) is 8.50. The zero-order valence-corrected chi connectivity index (χ0v) is 15.7. The van der Waals surface area contributed by atoms with Crippen molar-refractivity contribution in [2.75, 3.05) is 0 Å². The Kier molecular flexibility index (Phi) is 85.5. The van der Waals surface area contributed by atoms with Gasteiger partial charge in [0.1, 0.15) is 20.4 Å². The molecule has 3 nitrogen and oxygen atoms in total. The topological polar surface area (TPSA) is 51.2 Å². The van der Waals surface area contributed by atoms with Gasteiger partial charge in [-0.25, -0.2) is 12.2 Å². The second kappa shape index (κ2) is 46.0. The summed E-state index contributed by atoms with van der Waals surface area (Å²) in [7, 11) is 0. The average molecular weight is 505 g/mol. The van der Waals surface area contributed by atoms with Gasteiger partial charge < -0.3 is 14.4 Å². The molecule has 0 bridgehead atoms. The van der Waals surface area contributed by atoms with E-state index < -0.39 is 19.8 Å². The van der Waals surface area contributed by atoms with Crippen LogP contribution in [0.1, 0.15) is 6.42 Å². The van der Waals surface area contributed by atoms with Crippen molar-refractivity contribution in [3.63, 3.8) is 0 Å². The minimum Gasteiger partial charge on any atom is 0 e. The Balaban J connectivity index is -0.0000000337. The molecule has 1 aliphatic rings. The van der Waals surface area contributed by atoms with Crippen LogP contribution in [0.2, 0.25) is 14.8 Å². The van der Waals surface area contributed by atoms with E-state index in [2.05, 4.69) is 27.0 Å². The molecule has 0 saturated carbocycles. The molecule has 0 atom stereocenters. The fraction of sp³-hybridized carbons (Fsp3) is 0.364. The molecule has 1 aliphatic carbocycles. The first-order valence-electron chi connectivity index (χ1n) is 4.08. The Hall–Kier alpha value is -0.0490. The molecule has 0 fully saturated rings. The quantitative estimate of drug-likeness (QED) is 0.375. The summed E-state index contributed by atoms with van der Waals surface area (Å²) in [6.07, 6.45) is 10.0. The molecule has 16 heavy (non-hydrogen) atoms. The number of hydrogen-bond acceptors (Lipinski definition) is 3. The van der Waals surface area contributed by atoms with Gasteiger partial charge in [0.25, 0.3) is 0 Å². The maximum Gasteiger partial charge on any atom is 0 e. The van der Waals surface area contributed by atoms with Crippen LogP contribution in [0.25, 0.3) is 0 Å². The minimum atomic E-state index is -0.543. The molecule has 1 rings (SSSR count). The molecular weight excluding hydrogens is 485 g/mol. The van der Waals surface area contributed by atoms with Crippen LogP contribution in [0, 0.1) is 6.08 Å². The number of hydrogen-bond donors (Lipinski definition) is 0. The molecule has 0 aromatic rings. The van der Waals surface area contributed by atoms with E-state index >= 15 is 0 Å². The number of carbonyl (C=O) groups excluding carboxylic acids is 3. The first-order chi connectivity index (χ1) is 7.23. The average Bonchev–Trinajstić information content (AvgIpc) is 2.83. The first kappa shape index (κ1) is 29.7. The Morgan fingerprint density at radius 2 is 1.31 bits per heavy atom. The van der Waals surface area contributed by atoms with Crippen molar-refractivity contribution in [3.05, 3.63) is 24.3 Å². The summed E-state index contributed by atoms with van der Waals surface area (Å²) in [5, 5.41) is 0. The zero-order chi connectivity index (χ0) is 13.1. The monoisotopic (exact) mass is 507 g/mol. The van der Waals surface area contributed by atoms with Crippen LogP contribution in [0.3, 0.4) is 0 Å². The molecule has 0 heterocycles. The van der Waals surface area contributed by atoms with Crippen LogP contribution in [-0.4, -0.2) is 40.1 Å². The molecule has 0 spiro atoms. The van der Waals surface area contributed by atoms with Crippen LogP contribution in [0.5, 0.6) is 0 Å². The summed E-state index contributed by atoms with van der Waals surface area (Å²) >= 11 is -0.543. The van der Waals surface area contributed by atoms with Crippen LogP contribution < -0.4 is 0 Å². The molecule has 0 aromatic heterocycles. The maximum absolute atomic E-state index is 8.00. The minimum absolute atomic E-state index is 0. The van der Waals surface area contributed by atoms with E-state index in [9.17, 15) is 0 Å². The third-order valence-corrected chi connectivity index (χ3v) is 0.586. The van der Waals surface area contributed by atoms with Gasteiger partial charge in [0.15, 0.2) is 0 Å².